The summed E-state index contributed by atoms with van der Waals surface area (Å²) in [6, 6.07) is 3.55. The third kappa shape index (κ3) is 4.87. The number of nitrogens with zero attached hydrogens (tertiary/aromatic N) is 2. The number of pyridine rings is 1. The second-order valence-electron chi connectivity index (χ2n) is 4.29. The van der Waals surface area contributed by atoms with Gasteiger partial charge in [0.05, 0.1) is 5.56 Å². The molecule has 0 radical (unpaired) electrons. The van der Waals surface area contributed by atoms with E-state index in [2.05, 4.69) is 34.4 Å². The van der Waals surface area contributed by atoms with E-state index in [0.29, 0.717) is 17.9 Å². The maximum absolute atomic E-state index is 12.0. The zero-order valence-electron chi connectivity index (χ0n) is 12.1. The van der Waals surface area contributed by atoms with E-state index in [1.54, 1.807) is 25.4 Å². The Labute approximate surface area is 115 Å². The van der Waals surface area contributed by atoms with Gasteiger partial charge >= 0.3 is 0 Å². The molecule has 1 rings (SSSR count). The summed E-state index contributed by atoms with van der Waals surface area (Å²) in [5, 5.41) is 5.85. The van der Waals surface area contributed by atoms with E-state index in [-0.39, 0.29) is 5.91 Å². The highest BCUT2D eigenvalue weighted by molar-refractivity contribution is 5.98. The van der Waals surface area contributed by atoms with E-state index in [4.69, 9.17) is 0 Å². The number of carbonyl (C=O) groups excluding carboxylic acids is 1. The fraction of sp³-hybridized carbons (Fsp3) is 0.571. The zero-order valence-corrected chi connectivity index (χ0v) is 12.1. The predicted octanol–water partition coefficient (Wildman–Crippen LogP) is 1.58. The van der Waals surface area contributed by atoms with Crippen LogP contribution < -0.4 is 10.6 Å². The highest BCUT2D eigenvalue weighted by atomic mass is 16.1. The number of hydrogen-bond acceptors (Lipinski definition) is 4. The van der Waals surface area contributed by atoms with Crippen LogP contribution in [0, 0.1) is 0 Å². The summed E-state index contributed by atoms with van der Waals surface area (Å²) in [5.41, 5.74) is 0.591. The summed E-state index contributed by atoms with van der Waals surface area (Å²) in [5.74, 6) is 0.542. The van der Waals surface area contributed by atoms with Gasteiger partial charge in [-0.2, -0.15) is 0 Å². The van der Waals surface area contributed by atoms with E-state index in [1.807, 2.05) is 0 Å². The second-order valence-corrected chi connectivity index (χ2v) is 4.29. The number of aromatic nitrogens is 1. The van der Waals surface area contributed by atoms with Crippen molar-refractivity contribution in [1.82, 2.24) is 15.2 Å². The Morgan fingerprint density at radius 3 is 2.74 bits per heavy atom. The first-order valence-corrected chi connectivity index (χ1v) is 6.86. The molecule has 2 N–H and O–H groups in total. The van der Waals surface area contributed by atoms with Crippen LogP contribution >= 0.6 is 0 Å². The summed E-state index contributed by atoms with van der Waals surface area (Å²) in [6.07, 6.45) is 2.63. The van der Waals surface area contributed by atoms with Crippen molar-refractivity contribution in [3.05, 3.63) is 23.9 Å². The number of carbonyl (C=O) groups is 1. The van der Waals surface area contributed by atoms with Crippen molar-refractivity contribution >= 4 is 11.7 Å². The molecule has 1 heterocycles. The minimum absolute atomic E-state index is 0.0722. The number of amides is 1. The lowest BCUT2D eigenvalue weighted by Crippen LogP contribution is -2.30. The normalized spacial score (nSPS) is 10.5. The lowest BCUT2D eigenvalue weighted by atomic mass is 10.2. The largest absolute Gasteiger partial charge is 0.372 e. The second kappa shape index (κ2) is 8.48. The molecule has 5 heteroatoms. The fourth-order valence-electron chi connectivity index (χ4n) is 1.93. The third-order valence-electron chi connectivity index (χ3n) is 3.12. The maximum Gasteiger partial charge on any atom is 0.255 e. The molecule has 0 aliphatic heterocycles. The van der Waals surface area contributed by atoms with Crippen molar-refractivity contribution in [2.24, 2.45) is 0 Å². The quantitative estimate of drug-likeness (QED) is 0.700. The van der Waals surface area contributed by atoms with Gasteiger partial charge < -0.3 is 15.5 Å². The van der Waals surface area contributed by atoms with Gasteiger partial charge in [-0.3, -0.25) is 4.79 Å². The monoisotopic (exact) mass is 264 g/mol. The molecule has 0 saturated heterocycles. The van der Waals surface area contributed by atoms with E-state index in [9.17, 15) is 4.79 Å². The van der Waals surface area contributed by atoms with E-state index in [1.165, 1.54) is 0 Å². The van der Waals surface area contributed by atoms with Gasteiger partial charge in [-0.1, -0.05) is 13.8 Å². The highest BCUT2D eigenvalue weighted by Crippen LogP contribution is 2.09. The summed E-state index contributed by atoms with van der Waals surface area (Å²) in [7, 11) is 1.76. The maximum atomic E-state index is 12.0. The van der Waals surface area contributed by atoms with Crippen molar-refractivity contribution in [2.75, 3.05) is 38.5 Å². The Morgan fingerprint density at radius 2 is 2.11 bits per heavy atom. The standard InChI is InChI=1S/C14H24N4O/c1-4-18(5-2)11-7-10-17-14(19)12-8-6-9-16-13(12)15-3/h6,8-9H,4-5,7,10-11H2,1-3H3,(H,15,16)(H,17,19). The zero-order chi connectivity index (χ0) is 14.1. The van der Waals surface area contributed by atoms with E-state index < -0.39 is 0 Å². The van der Waals surface area contributed by atoms with Gasteiger partial charge in [-0.25, -0.2) is 4.98 Å². The first-order chi connectivity index (χ1) is 9.22. The molecule has 0 aliphatic carbocycles. The number of anilines is 1. The Bertz CT molecular complexity index is 391. The van der Waals surface area contributed by atoms with Crippen LogP contribution in [0.2, 0.25) is 0 Å². The molecule has 0 spiro atoms. The van der Waals surface area contributed by atoms with E-state index in [0.717, 1.165) is 26.1 Å². The average molecular weight is 264 g/mol. The Morgan fingerprint density at radius 1 is 1.37 bits per heavy atom. The number of hydrogen-bond donors (Lipinski definition) is 2. The molecule has 0 fully saturated rings. The Hall–Kier alpha value is -1.62. The first kappa shape index (κ1) is 15.4. The van der Waals surface area contributed by atoms with Crippen LogP contribution in [0.4, 0.5) is 5.82 Å². The van der Waals surface area contributed by atoms with Crippen molar-refractivity contribution in [3.63, 3.8) is 0 Å². The van der Waals surface area contributed by atoms with Gasteiger partial charge in [-0.05, 0) is 38.2 Å². The Balaban J connectivity index is 2.39. The molecule has 1 aromatic heterocycles. The van der Waals surface area contributed by atoms with Gasteiger partial charge in [0.15, 0.2) is 0 Å². The lowest BCUT2D eigenvalue weighted by Gasteiger charge is -2.17. The van der Waals surface area contributed by atoms with Crippen LogP contribution in [0.25, 0.3) is 0 Å². The van der Waals surface area contributed by atoms with Gasteiger partial charge in [0.25, 0.3) is 5.91 Å². The lowest BCUT2D eigenvalue weighted by molar-refractivity contribution is 0.0952. The fourth-order valence-corrected chi connectivity index (χ4v) is 1.93. The predicted molar refractivity (Wildman–Crippen MR) is 78.5 cm³/mol. The molecule has 0 atom stereocenters. The highest BCUT2D eigenvalue weighted by Gasteiger charge is 2.10. The van der Waals surface area contributed by atoms with Crippen LogP contribution in [-0.2, 0) is 0 Å². The summed E-state index contributed by atoms with van der Waals surface area (Å²) in [6.45, 7) is 8.11. The number of nitrogens with one attached hydrogen (secondary N) is 2. The van der Waals surface area contributed by atoms with Crippen molar-refractivity contribution < 1.29 is 4.79 Å². The molecule has 0 aliphatic rings. The van der Waals surface area contributed by atoms with Crippen molar-refractivity contribution in [1.29, 1.82) is 0 Å². The average Bonchev–Trinajstić information content (AvgIpc) is 2.47. The molecule has 19 heavy (non-hydrogen) atoms. The summed E-state index contributed by atoms with van der Waals surface area (Å²) >= 11 is 0. The SMILES string of the molecule is CCN(CC)CCCNC(=O)c1cccnc1NC. The third-order valence-corrected chi connectivity index (χ3v) is 3.12. The molecular formula is C14H24N4O. The van der Waals surface area contributed by atoms with Crippen LogP contribution in [0.15, 0.2) is 18.3 Å². The molecule has 5 nitrogen and oxygen atoms in total. The molecule has 1 amide bonds. The summed E-state index contributed by atoms with van der Waals surface area (Å²) < 4.78 is 0. The van der Waals surface area contributed by atoms with Crippen LogP contribution in [0.5, 0.6) is 0 Å². The molecule has 106 valence electrons. The van der Waals surface area contributed by atoms with Gasteiger partial charge in [-0.15, -0.1) is 0 Å². The van der Waals surface area contributed by atoms with Crippen LogP contribution in [0.1, 0.15) is 30.6 Å². The number of rotatable bonds is 8. The van der Waals surface area contributed by atoms with Gasteiger partial charge in [0, 0.05) is 19.8 Å². The molecule has 1 aromatic rings. The first-order valence-electron chi connectivity index (χ1n) is 6.86. The molecular weight excluding hydrogens is 240 g/mol. The minimum atomic E-state index is -0.0722. The van der Waals surface area contributed by atoms with Crippen molar-refractivity contribution in [3.8, 4) is 0 Å². The molecule has 0 saturated carbocycles. The van der Waals surface area contributed by atoms with Gasteiger partial charge in [0.2, 0.25) is 0 Å². The minimum Gasteiger partial charge on any atom is -0.372 e. The molecule has 0 unspecified atom stereocenters. The summed E-state index contributed by atoms with van der Waals surface area (Å²) in [4.78, 5) is 18.5. The van der Waals surface area contributed by atoms with E-state index >= 15 is 0 Å². The topological polar surface area (TPSA) is 57.3 Å². The molecule has 0 aromatic carbocycles. The van der Waals surface area contributed by atoms with Crippen LogP contribution in [0.3, 0.4) is 0 Å². The smallest absolute Gasteiger partial charge is 0.255 e. The Kier molecular flexibility index (Phi) is 6.89. The van der Waals surface area contributed by atoms with Crippen molar-refractivity contribution in [2.45, 2.75) is 20.3 Å². The molecule has 0 bridgehead atoms. The van der Waals surface area contributed by atoms with Gasteiger partial charge in [0.1, 0.15) is 5.82 Å². The van der Waals surface area contributed by atoms with Crippen LogP contribution in [-0.4, -0.2) is 49.0 Å².